The summed E-state index contributed by atoms with van der Waals surface area (Å²) in [6.45, 7) is 3.89. The van der Waals surface area contributed by atoms with Gasteiger partial charge in [0.05, 0.1) is 34.8 Å². The van der Waals surface area contributed by atoms with E-state index in [0.717, 1.165) is 33.0 Å². The van der Waals surface area contributed by atoms with Crippen LogP contribution >= 0.6 is 11.3 Å². The Morgan fingerprint density at radius 2 is 2.07 bits per heavy atom. The number of rotatable bonds is 5. The van der Waals surface area contributed by atoms with Gasteiger partial charge in [0.1, 0.15) is 6.04 Å². The molecule has 1 fully saturated rings. The van der Waals surface area contributed by atoms with Gasteiger partial charge in [-0.1, -0.05) is 31.2 Å². The molecule has 7 nitrogen and oxygen atoms in total. The predicted molar refractivity (Wildman–Crippen MR) is 103 cm³/mol. The number of hydrogen-bond acceptors (Lipinski definition) is 5. The number of likely N-dealkylation sites (tertiary alicyclic amines) is 1. The molecule has 1 aliphatic rings. The van der Waals surface area contributed by atoms with Crippen molar-refractivity contribution in [2.75, 3.05) is 6.54 Å². The lowest BCUT2D eigenvalue weighted by Gasteiger charge is -2.23. The van der Waals surface area contributed by atoms with E-state index in [-0.39, 0.29) is 24.9 Å². The molecule has 0 spiro atoms. The van der Waals surface area contributed by atoms with Gasteiger partial charge in [0.2, 0.25) is 5.91 Å². The second kappa shape index (κ2) is 8.06. The zero-order valence-electron chi connectivity index (χ0n) is 15.3. The maximum Gasteiger partial charge on any atom is 0.408 e. The van der Waals surface area contributed by atoms with Crippen LogP contribution in [0.3, 0.4) is 0 Å². The second-order valence-corrected chi connectivity index (χ2v) is 7.53. The largest absolute Gasteiger partial charge is 0.465 e. The standard InChI is InChI=1S/C19H23N3O4S/c1-3-15-17(27-10-20-15)13-6-4-12(5-7-13)11(2)21-18(24)16-8-14(23)9-22(16)19(25)26/h4-7,10-11,14,16,23H,3,8-9H2,1-2H3,(H,21,24)(H,25,26)/t11?,14-,16+/m1/s1. The van der Waals surface area contributed by atoms with Crippen LogP contribution in [0.1, 0.15) is 37.6 Å². The van der Waals surface area contributed by atoms with E-state index in [4.69, 9.17) is 0 Å². The molecule has 2 amide bonds. The predicted octanol–water partition coefficient (Wildman–Crippen LogP) is 2.66. The first kappa shape index (κ1) is 19.3. The molecule has 1 aliphatic heterocycles. The molecule has 27 heavy (non-hydrogen) atoms. The number of aliphatic hydroxyl groups excluding tert-OH is 1. The highest BCUT2D eigenvalue weighted by Gasteiger charge is 2.39. The van der Waals surface area contributed by atoms with Gasteiger partial charge in [-0.2, -0.15) is 0 Å². The quantitative estimate of drug-likeness (QED) is 0.730. The fourth-order valence-electron chi connectivity index (χ4n) is 3.35. The van der Waals surface area contributed by atoms with Gasteiger partial charge in [-0.3, -0.25) is 9.69 Å². The zero-order valence-corrected chi connectivity index (χ0v) is 16.1. The first-order valence-electron chi connectivity index (χ1n) is 8.91. The van der Waals surface area contributed by atoms with E-state index in [2.05, 4.69) is 17.2 Å². The van der Waals surface area contributed by atoms with E-state index < -0.39 is 18.2 Å². The van der Waals surface area contributed by atoms with Crippen molar-refractivity contribution in [1.82, 2.24) is 15.2 Å². The van der Waals surface area contributed by atoms with Crippen LogP contribution in [-0.2, 0) is 11.2 Å². The summed E-state index contributed by atoms with van der Waals surface area (Å²) in [7, 11) is 0. The van der Waals surface area contributed by atoms with Crippen molar-refractivity contribution in [3.63, 3.8) is 0 Å². The third-order valence-corrected chi connectivity index (χ3v) is 5.75. The maximum absolute atomic E-state index is 12.5. The number of amides is 2. The highest BCUT2D eigenvalue weighted by molar-refractivity contribution is 7.13. The van der Waals surface area contributed by atoms with Crippen LogP contribution in [0.15, 0.2) is 29.8 Å². The molecule has 8 heteroatoms. The van der Waals surface area contributed by atoms with Crippen LogP contribution in [0.5, 0.6) is 0 Å². The van der Waals surface area contributed by atoms with E-state index in [1.807, 2.05) is 36.7 Å². The number of benzene rings is 1. The van der Waals surface area contributed by atoms with Crippen molar-refractivity contribution in [2.45, 2.75) is 44.9 Å². The minimum absolute atomic E-state index is 0.0366. The van der Waals surface area contributed by atoms with Gasteiger partial charge >= 0.3 is 6.09 Å². The van der Waals surface area contributed by atoms with E-state index in [1.54, 1.807) is 11.3 Å². The maximum atomic E-state index is 12.5. The van der Waals surface area contributed by atoms with Crippen LogP contribution in [0, 0.1) is 0 Å². The van der Waals surface area contributed by atoms with Gasteiger partial charge in [-0.15, -0.1) is 11.3 Å². The Morgan fingerprint density at radius 3 is 2.70 bits per heavy atom. The van der Waals surface area contributed by atoms with Crippen molar-refractivity contribution in [3.8, 4) is 10.4 Å². The van der Waals surface area contributed by atoms with E-state index in [0.29, 0.717) is 0 Å². The molecule has 3 rings (SSSR count). The third-order valence-electron chi connectivity index (χ3n) is 4.84. The average Bonchev–Trinajstić information content (AvgIpc) is 3.28. The molecule has 0 radical (unpaired) electrons. The summed E-state index contributed by atoms with van der Waals surface area (Å²) in [6, 6.07) is 6.80. The molecule has 3 N–H and O–H groups in total. The molecular weight excluding hydrogens is 366 g/mol. The van der Waals surface area contributed by atoms with Crippen LogP contribution in [0.2, 0.25) is 0 Å². The normalized spacial score (nSPS) is 20.5. The Morgan fingerprint density at radius 1 is 1.37 bits per heavy atom. The van der Waals surface area contributed by atoms with E-state index >= 15 is 0 Å². The first-order chi connectivity index (χ1) is 12.9. The molecule has 1 unspecified atom stereocenters. The Kier molecular flexibility index (Phi) is 5.76. The number of aliphatic hydroxyl groups is 1. The number of β-amino-alcohol motifs (C(OH)–C–C–N with tert-alkyl or cyclic N) is 1. The summed E-state index contributed by atoms with van der Waals surface area (Å²) in [5.41, 5.74) is 4.93. The minimum Gasteiger partial charge on any atom is -0.465 e. The molecule has 144 valence electrons. The first-order valence-corrected chi connectivity index (χ1v) is 9.79. The van der Waals surface area contributed by atoms with Crippen molar-refractivity contribution >= 4 is 23.3 Å². The molecule has 1 aromatic heterocycles. The van der Waals surface area contributed by atoms with Gasteiger partial charge in [0, 0.05) is 6.42 Å². The fourth-order valence-corrected chi connectivity index (χ4v) is 4.24. The zero-order chi connectivity index (χ0) is 19.6. The lowest BCUT2D eigenvalue weighted by atomic mass is 10.0. The number of nitrogens with zero attached hydrogens (tertiary/aromatic N) is 2. The van der Waals surface area contributed by atoms with Crippen LogP contribution in [0.25, 0.3) is 10.4 Å². The van der Waals surface area contributed by atoms with Crippen LogP contribution < -0.4 is 5.32 Å². The second-order valence-electron chi connectivity index (χ2n) is 6.67. The van der Waals surface area contributed by atoms with Crippen molar-refractivity contribution in [2.24, 2.45) is 0 Å². The highest BCUT2D eigenvalue weighted by atomic mass is 32.1. The Labute approximate surface area is 161 Å². The molecule has 2 heterocycles. The Bertz CT molecular complexity index is 821. The SMILES string of the molecule is CCc1ncsc1-c1ccc(C(C)NC(=O)[C@@H]2C[C@@H](O)CN2C(=O)O)cc1. The number of aromatic nitrogens is 1. The number of thiazole rings is 1. The topological polar surface area (TPSA) is 103 Å². The average molecular weight is 389 g/mol. The third kappa shape index (κ3) is 4.12. The number of hydrogen-bond donors (Lipinski definition) is 3. The molecule has 0 saturated carbocycles. The summed E-state index contributed by atoms with van der Waals surface area (Å²) in [5, 5.41) is 21.7. The summed E-state index contributed by atoms with van der Waals surface area (Å²) in [5.74, 6) is -0.388. The fraction of sp³-hybridized carbons (Fsp3) is 0.421. The minimum atomic E-state index is -1.19. The number of aryl methyl sites for hydroxylation is 1. The van der Waals surface area contributed by atoms with Gasteiger partial charge in [-0.05, 0) is 24.5 Å². The summed E-state index contributed by atoms with van der Waals surface area (Å²) >= 11 is 1.61. The van der Waals surface area contributed by atoms with E-state index in [1.165, 1.54) is 0 Å². The van der Waals surface area contributed by atoms with Crippen molar-refractivity contribution in [1.29, 1.82) is 0 Å². The molecule has 1 aromatic carbocycles. The number of carbonyl (C=O) groups is 2. The smallest absolute Gasteiger partial charge is 0.408 e. The lowest BCUT2D eigenvalue weighted by molar-refractivity contribution is -0.125. The van der Waals surface area contributed by atoms with Gasteiger partial charge < -0.3 is 15.5 Å². The number of carbonyl (C=O) groups excluding carboxylic acids is 1. The Hall–Kier alpha value is -2.45. The molecule has 0 aliphatic carbocycles. The van der Waals surface area contributed by atoms with E-state index in [9.17, 15) is 19.8 Å². The monoisotopic (exact) mass is 389 g/mol. The number of carboxylic acid groups (broad SMARTS) is 1. The van der Waals surface area contributed by atoms with Crippen molar-refractivity contribution < 1.29 is 19.8 Å². The molecule has 1 saturated heterocycles. The Balaban J connectivity index is 1.68. The molecule has 3 atom stereocenters. The highest BCUT2D eigenvalue weighted by Crippen LogP contribution is 2.29. The van der Waals surface area contributed by atoms with Crippen LogP contribution in [-0.4, -0.2) is 50.8 Å². The molecule has 0 bridgehead atoms. The number of nitrogens with one attached hydrogen (secondary N) is 1. The summed E-state index contributed by atoms with van der Waals surface area (Å²) in [4.78, 5) is 30.3. The van der Waals surface area contributed by atoms with Crippen molar-refractivity contribution in [3.05, 3.63) is 41.0 Å². The summed E-state index contributed by atoms with van der Waals surface area (Å²) < 4.78 is 0. The molecular formula is C19H23N3O4S. The summed E-state index contributed by atoms with van der Waals surface area (Å²) in [6.07, 6.45) is -1.01. The lowest BCUT2D eigenvalue weighted by Crippen LogP contribution is -2.46. The van der Waals surface area contributed by atoms with Gasteiger partial charge in [-0.25, -0.2) is 9.78 Å². The van der Waals surface area contributed by atoms with Gasteiger partial charge in [0.25, 0.3) is 0 Å². The van der Waals surface area contributed by atoms with Gasteiger partial charge in [0.15, 0.2) is 0 Å². The molecule has 2 aromatic rings. The van der Waals surface area contributed by atoms with Crippen LogP contribution in [0.4, 0.5) is 4.79 Å².